The van der Waals surface area contributed by atoms with Crippen LogP contribution in [0, 0.1) is 12.8 Å². The molecule has 1 atom stereocenters. The van der Waals surface area contributed by atoms with E-state index in [1.165, 1.54) is 0 Å². The number of nitrogens with zero attached hydrogens (tertiary/aromatic N) is 1. The number of esters is 1. The summed E-state index contributed by atoms with van der Waals surface area (Å²) in [5.74, 6) is -0.993. The van der Waals surface area contributed by atoms with Crippen molar-refractivity contribution in [3.63, 3.8) is 0 Å². The predicted molar refractivity (Wildman–Crippen MR) is 97.0 cm³/mol. The minimum absolute atomic E-state index is 0.106. The molecule has 2 aromatic rings. The number of amides is 2. The number of hydrogen-bond donors (Lipinski definition) is 0. The molecule has 134 valence electrons. The molecule has 1 heterocycles. The van der Waals surface area contributed by atoms with Crippen LogP contribution in [-0.2, 0) is 4.79 Å². The van der Waals surface area contributed by atoms with Gasteiger partial charge in [0.2, 0.25) is 0 Å². The molecule has 0 spiro atoms. The molecule has 0 saturated heterocycles. The topological polar surface area (TPSA) is 63.7 Å². The van der Waals surface area contributed by atoms with Crippen molar-refractivity contribution in [3.05, 3.63) is 65.2 Å². The van der Waals surface area contributed by atoms with Crippen LogP contribution in [0.2, 0.25) is 0 Å². The maximum atomic E-state index is 12.8. The van der Waals surface area contributed by atoms with Gasteiger partial charge in [0.1, 0.15) is 11.8 Å². The van der Waals surface area contributed by atoms with Gasteiger partial charge in [-0.3, -0.25) is 14.5 Å². The zero-order chi connectivity index (χ0) is 18.8. The van der Waals surface area contributed by atoms with Crippen LogP contribution in [0.15, 0.2) is 48.5 Å². The summed E-state index contributed by atoms with van der Waals surface area (Å²) in [6.45, 7) is 5.81. The highest BCUT2D eigenvalue weighted by atomic mass is 16.5. The average Bonchev–Trinajstić information content (AvgIpc) is 2.86. The first-order chi connectivity index (χ1) is 12.4. The Labute approximate surface area is 152 Å². The van der Waals surface area contributed by atoms with Crippen LogP contribution in [-0.4, -0.2) is 28.7 Å². The maximum absolute atomic E-state index is 12.8. The normalized spacial score (nSPS) is 14.5. The highest BCUT2D eigenvalue weighted by molar-refractivity contribution is 6.22. The van der Waals surface area contributed by atoms with Crippen molar-refractivity contribution in [1.29, 1.82) is 0 Å². The number of imide groups is 1. The lowest BCUT2D eigenvalue weighted by molar-refractivity contribution is -0.139. The van der Waals surface area contributed by atoms with Crippen molar-refractivity contribution in [2.24, 2.45) is 5.92 Å². The van der Waals surface area contributed by atoms with Crippen molar-refractivity contribution in [2.45, 2.75) is 33.2 Å². The molecular formula is C21H21NO4. The second-order valence-electron chi connectivity index (χ2n) is 6.91. The number of carbonyl (C=O) groups excluding carboxylic acids is 3. The maximum Gasteiger partial charge on any atom is 0.334 e. The van der Waals surface area contributed by atoms with Crippen molar-refractivity contribution < 1.29 is 19.1 Å². The van der Waals surface area contributed by atoms with E-state index < -0.39 is 23.8 Å². The molecule has 5 nitrogen and oxygen atoms in total. The van der Waals surface area contributed by atoms with E-state index in [1.807, 2.05) is 32.9 Å². The van der Waals surface area contributed by atoms with Gasteiger partial charge in [-0.2, -0.15) is 0 Å². The molecule has 0 fully saturated rings. The molecule has 0 aromatic heterocycles. The number of ether oxygens (including phenoxy) is 1. The third-order valence-corrected chi connectivity index (χ3v) is 4.34. The van der Waals surface area contributed by atoms with E-state index in [0.29, 0.717) is 23.3 Å². The van der Waals surface area contributed by atoms with Crippen LogP contribution in [0.4, 0.5) is 0 Å². The number of rotatable bonds is 5. The molecule has 2 aromatic carbocycles. The molecule has 2 amide bonds. The standard InChI is InChI=1S/C21H21NO4/c1-13(2)12-18(21(25)26-15-10-8-14(3)9-11-15)22-19(23)16-6-4-5-7-17(16)20(22)24/h4-11,13,18H,12H2,1-3H3/t18-/m1/s1. The van der Waals surface area contributed by atoms with E-state index in [0.717, 1.165) is 10.5 Å². The molecule has 1 aliphatic rings. The fourth-order valence-corrected chi connectivity index (χ4v) is 3.03. The quantitative estimate of drug-likeness (QED) is 0.469. The second kappa shape index (κ2) is 7.12. The second-order valence-corrected chi connectivity index (χ2v) is 6.91. The molecule has 0 aliphatic carbocycles. The smallest absolute Gasteiger partial charge is 0.334 e. The van der Waals surface area contributed by atoms with Gasteiger partial charge in [-0.15, -0.1) is 0 Å². The molecule has 26 heavy (non-hydrogen) atoms. The summed E-state index contributed by atoms with van der Waals surface area (Å²) in [6.07, 6.45) is 0.343. The van der Waals surface area contributed by atoms with Crippen molar-refractivity contribution in [2.75, 3.05) is 0 Å². The molecule has 0 bridgehead atoms. The first-order valence-corrected chi connectivity index (χ1v) is 8.63. The lowest BCUT2D eigenvalue weighted by Crippen LogP contribution is -2.47. The van der Waals surface area contributed by atoms with Crippen LogP contribution in [0.1, 0.15) is 46.5 Å². The highest BCUT2D eigenvalue weighted by Gasteiger charge is 2.43. The van der Waals surface area contributed by atoms with E-state index in [4.69, 9.17) is 4.74 Å². The molecule has 0 saturated carbocycles. The third kappa shape index (κ3) is 3.38. The van der Waals surface area contributed by atoms with Gasteiger partial charge >= 0.3 is 5.97 Å². The van der Waals surface area contributed by atoms with E-state index >= 15 is 0 Å². The van der Waals surface area contributed by atoms with E-state index in [9.17, 15) is 14.4 Å². The van der Waals surface area contributed by atoms with Gasteiger partial charge in [-0.05, 0) is 43.5 Å². The summed E-state index contributed by atoms with van der Waals surface area (Å²) in [5.41, 5.74) is 1.70. The Morgan fingerprint density at radius 2 is 1.50 bits per heavy atom. The monoisotopic (exact) mass is 351 g/mol. The van der Waals surface area contributed by atoms with Crippen LogP contribution in [0.25, 0.3) is 0 Å². The minimum Gasteiger partial charge on any atom is -0.425 e. The third-order valence-electron chi connectivity index (χ3n) is 4.34. The van der Waals surface area contributed by atoms with Crippen molar-refractivity contribution in [1.82, 2.24) is 4.90 Å². The molecule has 3 rings (SSSR count). The Balaban J connectivity index is 1.89. The Morgan fingerprint density at radius 3 is 2.00 bits per heavy atom. The van der Waals surface area contributed by atoms with Crippen LogP contribution in [0.5, 0.6) is 5.75 Å². The Bertz CT molecular complexity index is 820. The lowest BCUT2D eigenvalue weighted by atomic mass is 10.0. The summed E-state index contributed by atoms with van der Waals surface area (Å²) in [6, 6.07) is 12.7. The van der Waals surface area contributed by atoms with Gasteiger partial charge in [0.05, 0.1) is 11.1 Å². The molecule has 1 aliphatic heterocycles. The van der Waals surface area contributed by atoms with Gasteiger partial charge < -0.3 is 4.74 Å². The largest absolute Gasteiger partial charge is 0.425 e. The summed E-state index contributed by atoms with van der Waals surface area (Å²) in [7, 11) is 0. The highest BCUT2D eigenvalue weighted by Crippen LogP contribution is 2.28. The molecule has 5 heteroatoms. The fraction of sp³-hybridized carbons (Fsp3) is 0.286. The average molecular weight is 351 g/mol. The number of hydrogen-bond acceptors (Lipinski definition) is 4. The Kier molecular flexibility index (Phi) is 4.89. The van der Waals surface area contributed by atoms with Gasteiger partial charge in [-0.25, -0.2) is 4.79 Å². The van der Waals surface area contributed by atoms with E-state index in [1.54, 1.807) is 36.4 Å². The number of aryl methyl sites for hydroxylation is 1. The van der Waals surface area contributed by atoms with Gasteiger partial charge in [-0.1, -0.05) is 43.7 Å². The predicted octanol–water partition coefficient (Wildman–Crippen LogP) is 3.61. The van der Waals surface area contributed by atoms with Gasteiger partial charge in [0, 0.05) is 0 Å². The van der Waals surface area contributed by atoms with Crippen LogP contribution >= 0.6 is 0 Å². The summed E-state index contributed by atoms with van der Waals surface area (Å²) >= 11 is 0. The molecule has 0 N–H and O–H groups in total. The van der Waals surface area contributed by atoms with Gasteiger partial charge in [0.15, 0.2) is 0 Å². The summed E-state index contributed by atoms with van der Waals surface area (Å²) in [5, 5.41) is 0. The number of carbonyl (C=O) groups is 3. The Hall–Kier alpha value is -2.95. The first kappa shape index (κ1) is 17.9. The Morgan fingerprint density at radius 1 is 0.962 bits per heavy atom. The van der Waals surface area contributed by atoms with E-state index in [2.05, 4.69) is 0 Å². The zero-order valence-corrected chi connectivity index (χ0v) is 15.1. The van der Waals surface area contributed by atoms with Crippen LogP contribution < -0.4 is 4.74 Å². The van der Waals surface area contributed by atoms with Gasteiger partial charge in [0.25, 0.3) is 11.8 Å². The zero-order valence-electron chi connectivity index (χ0n) is 15.1. The number of benzene rings is 2. The van der Waals surface area contributed by atoms with Crippen LogP contribution in [0.3, 0.4) is 0 Å². The summed E-state index contributed by atoms with van der Waals surface area (Å²) < 4.78 is 5.46. The van der Waals surface area contributed by atoms with E-state index in [-0.39, 0.29) is 5.92 Å². The minimum atomic E-state index is -0.955. The lowest BCUT2D eigenvalue weighted by Gasteiger charge is -2.25. The van der Waals surface area contributed by atoms with Crippen molar-refractivity contribution in [3.8, 4) is 5.75 Å². The first-order valence-electron chi connectivity index (χ1n) is 8.63. The number of fused-ring (bicyclic) bond motifs is 1. The molecular weight excluding hydrogens is 330 g/mol. The summed E-state index contributed by atoms with van der Waals surface area (Å²) in [4.78, 5) is 39.3. The van der Waals surface area contributed by atoms with Crippen molar-refractivity contribution >= 4 is 17.8 Å². The molecule has 0 radical (unpaired) electrons. The molecule has 0 unspecified atom stereocenters. The fourth-order valence-electron chi connectivity index (χ4n) is 3.03. The SMILES string of the molecule is Cc1ccc(OC(=O)[C@@H](CC(C)C)N2C(=O)c3ccccc3C2=O)cc1.